The van der Waals surface area contributed by atoms with Gasteiger partial charge in [0.25, 0.3) is 0 Å². The third-order valence-electron chi connectivity index (χ3n) is 3.96. The fourth-order valence-corrected chi connectivity index (χ4v) is 3.26. The van der Waals surface area contributed by atoms with Gasteiger partial charge >= 0.3 is 0 Å². The Balaban J connectivity index is 1.86. The lowest BCUT2D eigenvalue weighted by Crippen LogP contribution is -2.02. The van der Waals surface area contributed by atoms with Crippen LogP contribution in [0, 0.1) is 5.82 Å². The van der Waals surface area contributed by atoms with Crippen molar-refractivity contribution in [1.82, 2.24) is 0 Å². The maximum absolute atomic E-state index is 13.3. The Morgan fingerprint density at radius 3 is 2.55 bits per heavy atom. The molecule has 2 aromatic carbocycles. The van der Waals surface area contributed by atoms with Crippen LogP contribution in [0.3, 0.4) is 0 Å². The number of fused-ring (bicyclic) bond motifs is 1. The molecular formula is C18H17FS. The van der Waals surface area contributed by atoms with Crippen LogP contribution in [0.5, 0.6) is 0 Å². The molecule has 0 saturated heterocycles. The summed E-state index contributed by atoms with van der Waals surface area (Å²) in [6.07, 6.45) is 5.18. The third-order valence-corrected chi connectivity index (χ3v) is 4.70. The SMILES string of the molecule is CSc1ccc(CC2C(C)=Cc3cc(F)ccc32)cc1. The van der Waals surface area contributed by atoms with E-state index in [9.17, 15) is 4.39 Å². The molecule has 1 atom stereocenters. The van der Waals surface area contributed by atoms with Crippen LogP contribution in [0.15, 0.2) is 52.9 Å². The van der Waals surface area contributed by atoms with Gasteiger partial charge in [-0.05, 0) is 60.6 Å². The molecule has 0 aliphatic heterocycles. The van der Waals surface area contributed by atoms with E-state index in [1.165, 1.54) is 21.6 Å². The summed E-state index contributed by atoms with van der Waals surface area (Å²) in [4.78, 5) is 1.29. The quantitative estimate of drug-likeness (QED) is 0.690. The summed E-state index contributed by atoms with van der Waals surface area (Å²) in [7, 11) is 0. The van der Waals surface area contributed by atoms with Gasteiger partial charge in [-0.3, -0.25) is 0 Å². The number of halogens is 1. The number of rotatable bonds is 3. The average molecular weight is 284 g/mol. The maximum Gasteiger partial charge on any atom is 0.123 e. The number of hydrogen-bond donors (Lipinski definition) is 0. The molecule has 20 heavy (non-hydrogen) atoms. The van der Waals surface area contributed by atoms with Crippen molar-refractivity contribution in [2.45, 2.75) is 24.2 Å². The molecule has 0 bridgehead atoms. The molecule has 0 spiro atoms. The summed E-state index contributed by atoms with van der Waals surface area (Å²) in [5, 5.41) is 0. The average Bonchev–Trinajstić information content (AvgIpc) is 2.75. The standard InChI is InChI=1S/C18H17FS/c1-12-9-14-11-15(19)5-8-17(14)18(12)10-13-3-6-16(20-2)7-4-13/h3-9,11,18H,10H2,1-2H3. The van der Waals surface area contributed by atoms with Crippen molar-refractivity contribution in [2.75, 3.05) is 6.26 Å². The molecule has 0 amide bonds. The van der Waals surface area contributed by atoms with Crippen molar-refractivity contribution in [1.29, 1.82) is 0 Å². The molecule has 0 fully saturated rings. The second-order valence-electron chi connectivity index (χ2n) is 5.27. The van der Waals surface area contributed by atoms with E-state index in [2.05, 4.69) is 43.5 Å². The lowest BCUT2D eigenvalue weighted by atomic mass is 9.90. The highest BCUT2D eigenvalue weighted by atomic mass is 32.2. The van der Waals surface area contributed by atoms with E-state index in [1.54, 1.807) is 23.9 Å². The molecule has 0 radical (unpaired) electrons. The van der Waals surface area contributed by atoms with Crippen LogP contribution >= 0.6 is 11.8 Å². The van der Waals surface area contributed by atoms with Crippen LogP contribution in [-0.2, 0) is 6.42 Å². The van der Waals surface area contributed by atoms with E-state index in [1.807, 2.05) is 6.07 Å². The van der Waals surface area contributed by atoms with E-state index >= 15 is 0 Å². The number of hydrogen-bond acceptors (Lipinski definition) is 1. The molecule has 1 aliphatic rings. The molecule has 0 aromatic heterocycles. The monoisotopic (exact) mass is 284 g/mol. The largest absolute Gasteiger partial charge is 0.207 e. The zero-order valence-electron chi connectivity index (χ0n) is 11.7. The van der Waals surface area contributed by atoms with Crippen molar-refractivity contribution >= 4 is 17.8 Å². The Morgan fingerprint density at radius 2 is 1.85 bits per heavy atom. The Labute approximate surface area is 123 Å². The number of benzene rings is 2. The summed E-state index contributed by atoms with van der Waals surface area (Å²) in [6.45, 7) is 2.14. The molecule has 2 heteroatoms. The van der Waals surface area contributed by atoms with Gasteiger partial charge in [-0.2, -0.15) is 0 Å². The molecular weight excluding hydrogens is 267 g/mol. The molecule has 3 rings (SSSR count). The Kier molecular flexibility index (Phi) is 3.66. The molecule has 0 saturated carbocycles. The molecule has 102 valence electrons. The van der Waals surface area contributed by atoms with Crippen molar-refractivity contribution in [3.8, 4) is 0 Å². The smallest absolute Gasteiger partial charge is 0.123 e. The predicted octanol–water partition coefficient (Wildman–Crippen LogP) is 5.29. The van der Waals surface area contributed by atoms with Crippen LogP contribution in [0.4, 0.5) is 4.39 Å². The molecule has 1 unspecified atom stereocenters. The van der Waals surface area contributed by atoms with Crippen molar-refractivity contribution < 1.29 is 4.39 Å². The van der Waals surface area contributed by atoms with Gasteiger partial charge < -0.3 is 0 Å². The van der Waals surface area contributed by atoms with Gasteiger partial charge in [-0.1, -0.05) is 29.8 Å². The van der Waals surface area contributed by atoms with Crippen molar-refractivity contribution in [3.63, 3.8) is 0 Å². The first-order valence-electron chi connectivity index (χ1n) is 6.78. The van der Waals surface area contributed by atoms with Gasteiger partial charge in [-0.25, -0.2) is 4.39 Å². The normalized spacial score (nSPS) is 16.9. The Hall–Kier alpha value is -1.54. The van der Waals surface area contributed by atoms with Gasteiger partial charge in [-0.15, -0.1) is 11.8 Å². The van der Waals surface area contributed by atoms with Crippen molar-refractivity contribution in [3.05, 3.63) is 70.5 Å². The van der Waals surface area contributed by atoms with Gasteiger partial charge in [0.05, 0.1) is 0 Å². The number of thioether (sulfide) groups is 1. The molecule has 0 nitrogen and oxygen atoms in total. The summed E-state index contributed by atoms with van der Waals surface area (Å²) >= 11 is 1.76. The van der Waals surface area contributed by atoms with Crippen LogP contribution in [0.25, 0.3) is 6.08 Å². The van der Waals surface area contributed by atoms with E-state index in [4.69, 9.17) is 0 Å². The predicted molar refractivity (Wildman–Crippen MR) is 84.7 cm³/mol. The number of allylic oxidation sites excluding steroid dienone is 1. The topological polar surface area (TPSA) is 0 Å². The van der Waals surface area contributed by atoms with Crippen LogP contribution in [0.2, 0.25) is 0 Å². The van der Waals surface area contributed by atoms with E-state index in [-0.39, 0.29) is 5.82 Å². The second kappa shape index (κ2) is 5.45. The highest BCUT2D eigenvalue weighted by Crippen LogP contribution is 2.38. The zero-order valence-corrected chi connectivity index (χ0v) is 12.5. The minimum Gasteiger partial charge on any atom is -0.207 e. The maximum atomic E-state index is 13.3. The Bertz CT molecular complexity index is 656. The molecule has 0 N–H and O–H groups in total. The minimum absolute atomic E-state index is 0.155. The minimum atomic E-state index is -0.155. The van der Waals surface area contributed by atoms with Gasteiger partial charge in [0.2, 0.25) is 0 Å². The highest BCUT2D eigenvalue weighted by molar-refractivity contribution is 7.98. The summed E-state index contributed by atoms with van der Waals surface area (Å²) in [6, 6.07) is 13.9. The van der Waals surface area contributed by atoms with E-state index in [0.717, 1.165) is 12.0 Å². The summed E-state index contributed by atoms with van der Waals surface area (Å²) < 4.78 is 13.3. The second-order valence-corrected chi connectivity index (χ2v) is 6.15. The Morgan fingerprint density at radius 1 is 1.10 bits per heavy atom. The van der Waals surface area contributed by atoms with Gasteiger partial charge in [0.15, 0.2) is 0 Å². The molecule has 1 aliphatic carbocycles. The van der Waals surface area contributed by atoms with Gasteiger partial charge in [0.1, 0.15) is 5.82 Å². The molecule has 2 aromatic rings. The molecule has 0 heterocycles. The fraction of sp³-hybridized carbons (Fsp3) is 0.222. The lowest BCUT2D eigenvalue weighted by Gasteiger charge is -2.15. The first-order valence-corrected chi connectivity index (χ1v) is 8.00. The van der Waals surface area contributed by atoms with Crippen LogP contribution in [0.1, 0.15) is 29.5 Å². The van der Waals surface area contributed by atoms with Crippen molar-refractivity contribution in [2.24, 2.45) is 0 Å². The van der Waals surface area contributed by atoms with Crippen LogP contribution in [-0.4, -0.2) is 6.26 Å². The summed E-state index contributed by atoms with van der Waals surface area (Å²) in [5.41, 5.74) is 4.93. The summed E-state index contributed by atoms with van der Waals surface area (Å²) in [5.74, 6) is 0.225. The zero-order chi connectivity index (χ0) is 14.1. The van der Waals surface area contributed by atoms with Gasteiger partial charge in [0, 0.05) is 10.8 Å². The van der Waals surface area contributed by atoms with E-state index in [0.29, 0.717) is 5.92 Å². The lowest BCUT2D eigenvalue weighted by molar-refractivity contribution is 0.626. The highest BCUT2D eigenvalue weighted by Gasteiger charge is 2.22. The first-order chi connectivity index (χ1) is 9.67. The van der Waals surface area contributed by atoms with E-state index < -0.39 is 0 Å². The third kappa shape index (κ3) is 2.53. The first kappa shape index (κ1) is 13.4. The fourth-order valence-electron chi connectivity index (χ4n) is 2.85. The van der Waals surface area contributed by atoms with Crippen LogP contribution < -0.4 is 0 Å².